The van der Waals surface area contributed by atoms with Crippen molar-refractivity contribution in [1.29, 1.82) is 0 Å². The van der Waals surface area contributed by atoms with E-state index in [0.29, 0.717) is 9.30 Å². The number of carbonyl (C=O) groups is 3. The number of aliphatic imine (C=N–C) groups is 1. The number of ether oxygens (including phenoxy) is 4. The third kappa shape index (κ3) is 5.77. The van der Waals surface area contributed by atoms with Crippen molar-refractivity contribution in [2.24, 2.45) is 4.99 Å². The molecule has 0 aromatic carbocycles. The topological polar surface area (TPSA) is 152 Å². The van der Waals surface area contributed by atoms with Crippen LogP contribution in [0.25, 0.3) is 10.3 Å². The van der Waals surface area contributed by atoms with Crippen molar-refractivity contribution in [3.63, 3.8) is 0 Å². The summed E-state index contributed by atoms with van der Waals surface area (Å²) in [5.74, 6) is -1.89. The highest BCUT2D eigenvalue weighted by atomic mass is 79.9. The molecule has 13 nitrogen and oxygen atoms in total. The molecule has 0 bridgehead atoms. The van der Waals surface area contributed by atoms with Crippen LogP contribution in [0.1, 0.15) is 27.0 Å². The van der Waals surface area contributed by atoms with E-state index in [1.807, 2.05) is 0 Å². The molecular weight excluding hydrogens is 538 g/mol. The maximum Gasteiger partial charge on any atom is 0.311 e. The minimum atomic E-state index is -1.23. The number of esters is 3. The summed E-state index contributed by atoms with van der Waals surface area (Å²) in [6, 6.07) is 0. The van der Waals surface area contributed by atoms with Crippen LogP contribution < -0.4 is 4.87 Å². The van der Waals surface area contributed by atoms with E-state index < -0.39 is 47.3 Å². The minimum Gasteiger partial charge on any atom is -0.463 e. The Bertz CT molecular complexity index is 1200. The molecule has 0 unspecified atom stereocenters. The van der Waals surface area contributed by atoms with Gasteiger partial charge in [0, 0.05) is 34.9 Å². The Kier molecular flexibility index (Phi) is 7.99. The first-order valence-corrected chi connectivity index (χ1v) is 11.5. The lowest BCUT2D eigenvalue weighted by Crippen LogP contribution is -2.41. The van der Waals surface area contributed by atoms with Gasteiger partial charge in [0.1, 0.15) is 22.0 Å². The lowest BCUT2D eigenvalue weighted by atomic mass is 10.1. The van der Waals surface area contributed by atoms with Crippen LogP contribution in [-0.4, -0.2) is 82.7 Å². The van der Waals surface area contributed by atoms with Crippen molar-refractivity contribution < 1.29 is 33.3 Å². The summed E-state index contributed by atoms with van der Waals surface area (Å²) in [7, 11) is 3.54. The number of hydrogen-bond acceptors (Lipinski definition) is 12. The summed E-state index contributed by atoms with van der Waals surface area (Å²) in [6.07, 6.45) is -3.13. The van der Waals surface area contributed by atoms with E-state index in [4.69, 9.17) is 18.9 Å². The summed E-state index contributed by atoms with van der Waals surface area (Å²) in [6.45, 7) is 3.25. The molecule has 184 valence electrons. The summed E-state index contributed by atoms with van der Waals surface area (Å²) < 4.78 is 23.7. The number of nitrogens with zero attached hydrogens (tertiary/aromatic N) is 5. The van der Waals surface area contributed by atoms with E-state index in [1.165, 1.54) is 31.7 Å². The van der Waals surface area contributed by atoms with Gasteiger partial charge in [-0.25, -0.2) is 9.98 Å². The molecule has 3 rings (SSSR count). The molecule has 0 spiro atoms. The molecule has 4 atom stereocenters. The molecule has 15 heteroatoms. The second kappa shape index (κ2) is 10.6. The van der Waals surface area contributed by atoms with Gasteiger partial charge in [-0.1, -0.05) is 11.3 Å². The van der Waals surface area contributed by atoms with Crippen LogP contribution in [0.3, 0.4) is 0 Å². The van der Waals surface area contributed by atoms with Gasteiger partial charge in [0.05, 0.1) is 6.34 Å². The number of halogens is 1. The highest BCUT2D eigenvalue weighted by Gasteiger charge is 2.51. The summed E-state index contributed by atoms with van der Waals surface area (Å²) in [5.41, 5.74) is 0.166. The van der Waals surface area contributed by atoms with Crippen molar-refractivity contribution in [2.75, 3.05) is 20.7 Å². The molecule has 0 amide bonds. The van der Waals surface area contributed by atoms with Crippen molar-refractivity contribution in [2.45, 2.75) is 45.3 Å². The molecule has 1 fully saturated rings. The van der Waals surface area contributed by atoms with E-state index in [-0.39, 0.29) is 18.2 Å². The van der Waals surface area contributed by atoms with Crippen LogP contribution in [0.4, 0.5) is 5.95 Å². The van der Waals surface area contributed by atoms with Gasteiger partial charge < -0.3 is 23.8 Å². The highest BCUT2D eigenvalue weighted by Crippen LogP contribution is 2.37. The van der Waals surface area contributed by atoms with E-state index in [1.54, 1.807) is 19.0 Å². The van der Waals surface area contributed by atoms with Gasteiger partial charge in [-0.15, -0.1) is 0 Å². The molecule has 34 heavy (non-hydrogen) atoms. The first-order valence-electron chi connectivity index (χ1n) is 9.90. The Balaban J connectivity index is 2.13. The van der Waals surface area contributed by atoms with Crippen molar-refractivity contribution in [3.8, 4) is 0 Å². The smallest absolute Gasteiger partial charge is 0.311 e. The second-order valence-corrected chi connectivity index (χ2v) is 9.14. The van der Waals surface area contributed by atoms with Crippen molar-refractivity contribution in [1.82, 2.24) is 19.4 Å². The fourth-order valence-electron chi connectivity index (χ4n) is 3.23. The Morgan fingerprint density at radius 3 is 2.38 bits per heavy atom. The molecule has 0 radical (unpaired) electrons. The fraction of sp³-hybridized carbons (Fsp3) is 0.526. The molecule has 0 saturated carbocycles. The maximum absolute atomic E-state index is 13.0. The summed E-state index contributed by atoms with van der Waals surface area (Å²) >= 11 is 4.17. The van der Waals surface area contributed by atoms with Crippen LogP contribution >= 0.6 is 27.3 Å². The first-order chi connectivity index (χ1) is 16.0. The van der Waals surface area contributed by atoms with Gasteiger partial charge in [-0.3, -0.25) is 23.7 Å². The van der Waals surface area contributed by atoms with E-state index >= 15 is 0 Å². The summed E-state index contributed by atoms with van der Waals surface area (Å²) in [5, 5.41) is 0. The van der Waals surface area contributed by atoms with Crippen LogP contribution in [0, 0.1) is 0 Å². The molecule has 1 saturated heterocycles. The third-order valence-electron chi connectivity index (χ3n) is 4.41. The zero-order valence-electron chi connectivity index (χ0n) is 18.9. The van der Waals surface area contributed by atoms with Crippen LogP contribution in [-0.2, 0) is 33.3 Å². The van der Waals surface area contributed by atoms with Gasteiger partial charge in [-0.05, 0) is 15.9 Å². The Labute approximate surface area is 205 Å². The van der Waals surface area contributed by atoms with Gasteiger partial charge in [0.25, 0.3) is 5.95 Å². The van der Waals surface area contributed by atoms with E-state index in [0.717, 1.165) is 11.3 Å². The second-order valence-electron chi connectivity index (χ2n) is 7.43. The summed E-state index contributed by atoms with van der Waals surface area (Å²) in [4.78, 5) is 62.0. The van der Waals surface area contributed by atoms with Crippen molar-refractivity contribution in [3.05, 3.63) is 14.3 Å². The number of carbonyl (C=O) groups excluding carboxylic acids is 3. The van der Waals surface area contributed by atoms with E-state index in [2.05, 4.69) is 30.9 Å². The predicted octanol–water partition coefficient (Wildman–Crippen LogP) is 1.16. The standard InChI is InChI=1S/C19H22BrN5O8S/c1-8(26)30-6-11-12(31-9(2)27)13(32-10(3)28)17(33-11)25-16-14(34-19(25)29)15(20)22-18(23-16)21-7-24(4)5/h7,11-13,17H,6H2,1-5H3/t11-,12-,13-,17-/m1/s1. The lowest BCUT2D eigenvalue weighted by Gasteiger charge is -2.23. The number of thiazole rings is 1. The number of hydrogen-bond donors (Lipinski definition) is 0. The Hall–Kier alpha value is -2.91. The number of rotatable bonds is 7. The van der Waals surface area contributed by atoms with Gasteiger partial charge in [-0.2, -0.15) is 4.98 Å². The average molecular weight is 560 g/mol. The number of aromatic nitrogens is 3. The zero-order chi connectivity index (χ0) is 25.2. The predicted molar refractivity (Wildman–Crippen MR) is 123 cm³/mol. The fourth-order valence-corrected chi connectivity index (χ4v) is 4.63. The molecule has 2 aromatic heterocycles. The molecule has 0 aliphatic carbocycles. The van der Waals surface area contributed by atoms with E-state index in [9.17, 15) is 19.2 Å². The minimum absolute atomic E-state index is 0.0645. The molecule has 1 aliphatic heterocycles. The molecular formula is C19H22BrN5O8S. The highest BCUT2D eigenvalue weighted by molar-refractivity contribution is 9.10. The molecule has 2 aromatic rings. The van der Waals surface area contributed by atoms with Gasteiger partial charge in [0.15, 0.2) is 24.1 Å². The first kappa shape index (κ1) is 25.7. The largest absolute Gasteiger partial charge is 0.463 e. The average Bonchev–Trinajstić information content (AvgIpc) is 3.21. The van der Waals surface area contributed by atoms with Gasteiger partial charge in [0.2, 0.25) is 0 Å². The SMILES string of the molecule is CC(=O)OC[C@H]1O[C@@H](n2c(=O)sc3c(Br)nc(N=CN(C)C)nc32)[C@H](OC(C)=O)[C@@H]1OC(C)=O. The monoisotopic (exact) mass is 559 g/mol. The van der Waals surface area contributed by atoms with Crippen LogP contribution in [0.2, 0.25) is 0 Å². The third-order valence-corrected chi connectivity index (χ3v) is 6.20. The van der Waals surface area contributed by atoms with Crippen LogP contribution in [0.5, 0.6) is 0 Å². The number of fused-ring (bicyclic) bond motifs is 1. The van der Waals surface area contributed by atoms with Crippen molar-refractivity contribution >= 4 is 67.8 Å². The van der Waals surface area contributed by atoms with Crippen LogP contribution in [0.15, 0.2) is 14.4 Å². The molecule has 1 aliphatic rings. The maximum atomic E-state index is 13.0. The lowest BCUT2D eigenvalue weighted by molar-refractivity contribution is -0.166. The zero-order valence-corrected chi connectivity index (χ0v) is 21.3. The van der Waals surface area contributed by atoms with Gasteiger partial charge >= 0.3 is 22.8 Å². The Morgan fingerprint density at radius 1 is 1.15 bits per heavy atom. The molecule has 3 heterocycles. The normalized spacial score (nSPS) is 22.2. The molecule has 0 N–H and O–H groups in total. The Morgan fingerprint density at radius 2 is 1.79 bits per heavy atom. The quantitative estimate of drug-likeness (QED) is 0.158.